The number of hydrogen-bond acceptors (Lipinski definition) is 3. The molecule has 0 spiro atoms. The van der Waals surface area contributed by atoms with Gasteiger partial charge in [0.15, 0.2) is 11.5 Å². The number of para-hydroxylation sites is 2. The lowest BCUT2D eigenvalue weighted by molar-refractivity contribution is 0.0241. The molecule has 2 rings (SSSR count). The highest BCUT2D eigenvalue weighted by atomic mass is 16.6. The molecule has 3 heteroatoms. The summed E-state index contributed by atoms with van der Waals surface area (Å²) in [5.74, 6) is 1.72. The molecule has 1 aromatic rings. The van der Waals surface area contributed by atoms with Gasteiger partial charge in [-0.05, 0) is 32.1 Å². The van der Waals surface area contributed by atoms with Gasteiger partial charge in [0.25, 0.3) is 0 Å². The van der Waals surface area contributed by atoms with Gasteiger partial charge in [0.1, 0.15) is 12.7 Å². The van der Waals surface area contributed by atoms with Crippen LogP contribution < -0.4 is 9.47 Å². The summed E-state index contributed by atoms with van der Waals surface area (Å²) in [6.07, 6.45) is 0.116. The fourth-order valence-corrected chi connectivity index (χ4v) is 2.31. The average Bonchev–Trinajstić information content (AvgIpc) is 2.39. The zero-order valence-corrected chi connectivity index (χ0v) is 10.8. The topological polar surface area (TPSA) is 21.7 Å². The van der Waals surface area contributed by atoms with Crippen LogP contribution in [0.5, 0.6) is 11.5 Å². The first-order chi connectivity index (χ1) is 8.26. The molecule has 0 radical (unpaired) electrons. The van der Waals surface area contributed by atoms with Gasteiger partial charge in [0.05, 0.1) is 0 Å². The zero-order valence-electron chi connectivity index (χ0n) is 10.8. The SMILES string of the molecule is CCN(CC)[C@@H](C)[C@H]1COc2ccccc2O1. The summed E-state index contributed by atoms with van der Waals surface area (Å²) in [7, 11) is 0. The number of fused-ring (bicyclic) bond motifs is 1. The Kier molecular flexibility index (Phi) is 3.89. The number of hydrogen-bond donors (Lipinski definition) is 0. The van der Waals surface area contributed by atoms with E-state index in [4.69, 9.17) is 9.47 Å². The number of likely N-dealkylation sites (N-methyl/N-ethyl adjacent to an activating group) is 1. The molecule has 3 nitrogen and oxygen atoms in total. The van der Waals surface area contributed by atoms with Gasteiger partial charge in [-0.15, -0.1) is 0 Å². The standard InChI is InChI=1S/C14H21NO2/c1-4-15(5-2)11(3)14-10-16-12-8-6-7-9-13(12)17-14/h6-9,11,14H,4-5,10H2,1-3H3/t11-,14+/m0/s1. The summed E-state index contributed by atoms with van der Waals surface area (Å²) < 4.78 is 11.8. The second-order valence-corrected chi connectivity index (χ2v) is 4.38. The molecule has 17 heavy (non-hydrogen) atoms. The maximum atomic E-state index is 6.01. The molecule has 0 saturated carbocycles. The van der Waals surface area contributed by atoms with Crippen molar-refractivity contribution in [2.24, 2.45) is 0 Å². The highest BCUT2D eigenvalue weighted by Crippen LogP contribution is 2.32. The van der Waals surface area contributed by atoms with Crippen LogP contribution in [0.1, 0.15) is 20.8 Å². The van der Waals surface area contributed by atoms with Crippen LogP contribution in [0.15, 0.2) is 24.3 Å². The molecular formula is C14H21NO2. The normalized spacial score (nSPS) is 20.4. The van der Waals surface area contributed by atoms with Gasteiger partial charge in [-0.1, -0.05) is 26.0 Å². The number of benzene rings is 1. The third-order valence-corrected chi connectivity index (χ3v) is 3.46. The fraction of sp³-hybridized carbons (Fsp3) is 0.571. The highest BCUT2D eigenvalue weighted by Gasteiger charge is 2.28. The Morgan fingerprint density at radius 2 is 1.88 bits per heavy atom. The van der Waals surface area contributed by atoms with Gasteiger partial charge >= 0.3 is 0 Å². The van der Waals surface area contributed by atoms with E-state index in [-0.39, 0.29) is 6.10 Å². The minimum absolute atomic E-state index is 0.116. The lowest BCUT2D eigenvalue weighted by Crippen LogP contribution is -2.48. The Hall–Kier alpha value is -1.22. The lowest BCUT2D eigenvalue weighted by Gasteiger charge is -2.36. The van der Waals surface area contributed by atoms with E-state index in [9.17, 15) is 0 Å². The van der Waals surface area contributed by atoms with E-state index in [1.54, 1.807) is 0 Å². The molecule has 0 amide bonds. The molecule has 1 aliphatic rings. The van der Waals surface area contributed by atoms with Gasteiger partial charge in [0.2, 0.25) is 0 Å². The summed E-state index contributed by atoms with van der Waals surface area (Å²) >= 11 is 0. The van der Waals surface area contributed by atoms with Crippen molar-refractivity contribution < 1.29 is 9.47 Å². The van der Waals surface area contributed by atoms with Gasteiger partial charge in [-0.25, -0.2) is 0 Å². The fourth-order valence-electron chi connectivity index (χ4n) is 2.31. The van der Waals surface area contributed by atoms with E-state index < -0.39 is 0 Å². The summed E-state index contributed by atoms with van der Waals surface area (Å²) in [6.45, 7) is 9.28. The van der Waals surface area contributed by atoms with Crippen LogP contribution in [0.2, 0.25) is 0 Å². The molecule has 94 valence electrons. The maximum Gasteiger partial charge on any atom is 0.161 e. The van der Waals surface area contributed by atoms with Crippen LogP contribution in [-0.4, -0.2) is 36.7 Å². The molecule has 1 aromatic carbocycles. The molecule has 0 bridgehead atoms. The van der Waals surface area contributed by atoms with Crippen LogP contribution in [0.25, 0.3) is 0 Å². The van der Waals surface area contributed by atoms with Crippen LogP contribution in [-0.2, 0) is 0 Å². The molecule has 0 fully saturated rings. The highest BCUT2D eigenvalue weighted by molar-refractivity contribution is 5.40. The Morgan fingerprint density at radius 3 is 2.53 bits per heavy atom. The molecular weight excluding hydrogens is 214 g/mol. The van der Waals surface area contributed by atoms with Crippen molar-refractivity contribution in [3.8, 4) is 11.5 Å². The third kappa shape index (κ3) is 2.55. The van der Waals surface area contributed by atoms with Crippen molar-refractivity contribution in [2.75, 3.05) is 19.7 Å². The number of rotatable bonds is 4. The zero-order chi connectivity index (χ0) is 12.3. The van der Waals surface area contributed by atoms with Crippen LogP contribution in [0.3, 0.4) is 0 Å². The van der Waals surface area contributed by atoms with Crippen LogP contribution in [0.4, 0.5) is 0 Å². The summed E-state index contributed by atoms with van der Waals surface area (Å²) in [4.78, 5) is 2.39. The van der Waals surface area contributed by atoms with E-state index in [1.807, 2.05) is 24.3 Å². The molecule has 0 saturated heterocycles. The largest absolute Gasteiger partial charge is 0.486 e. The van der Waals surface area contributed by atoms with Gasteiger partial charge < -0.3 is 9.47 Å². The molecule has 2 atom stereocenters. The van der Waals surface area contributed by atoms with Crippen LogP contribution in [0, 0.1) is 0 Å². The minimum atomic E-state index is 0.116. The lowest BCUT2D eigenvalue weighted by atomic mass is 10.1. The van der Waals surface area contributed by atoms with Crippen molar-refractivity contribution in [3.63, 3.8) is 0 Å². The predicted octanol–water partition coefficient (Wildman–Crippen LogP) is 2.56. The van der Waals surface area contributed by atoms with E-state index in [0.29, 0.717) is 12.6 Å². The first-order valence-corrected chi connectivity index (χ1v) is 6.38. The number of nitrogens with zero attached hydrogens (tertiary/aromatic N) is 1. The maximum absolute atomic E-state index is 6.01. The smallest absolute Gasteiger partial charge is 0.161 e. The Balaban J connectivity index is 2.07. The molecule has 1 aliphatic heterocycles. The van der Waals surface area contributed by atoms with Crippen molar-refractivity contribution >= 4 is 0 Å². The van der Waals surface area contributed by atoms with E-state index in [2.05, 4.69) is 25.7 Å². The van der Waals surface area contributed by atoms with Crippen molar-refractivity contribution in [1.29, 1.82) is 0 Å². The van der Waals surface area contributed by atoms with Crippen molar-refractivity contribution in [1.82, 2.24) is 4.90 Å². The van der Waals surface area contributed by atoms with Gasteiger partial charge in [0, 0.05) is 6.04 Å². The van der Waals surface area contributed by atoms with Gasteiger partial charge in [-0.3, -0.25) is 4.90 Å². The van der Waals surface area contributed by atoms with Crippen molar-refractivity contribution in [2.45, 2.75) is 32.9 Å². The molecule has 0 aliphatic carbocycles. The third-order valence-electron chi connectivity index (χ3n) is 3.46. The molecule has 0 aromatic heterocycles. The van der Waals surface area contributed by atoms with E-state index in [0.717, 1.165) is 24.6 Å². The van der Waals surface area contributed by atoms with Gasteiger partial charge in [-0.2, -0.15) is 0 Å². The molecule has 1 heterocycles. The first-order valence-electron chi connectivity index (χ1n) is 6.38. The second kappa shape index (κ2) is 5.41. The molecule has 0 unspecified atom stereocenters. The summed E-state index contributed by atoms with van der Waals surface area (Å²) in [5.41, 5.74) is 0. The Morgan fingerprint density at radius 1 is 1.24 bits per heavy atom. The van der Waals surface area contributed by atoms with E-state index >= 15 is 0 Å². The first kappa shape index (κ1) is 12.2. The van der Waals surface area contributed by atoms with Crippen LogP contribution >= 0.6 is 0 Å². The number of ether oxygens (including phenoxy) is 2. The summed E-state index contributed by atoms with van der Waals surface area (Å²) in [6, 6.07) is 8.24. The molecule has 0 N–H and O–H groups in total. The Bertz CT molecular complexity index is 363. The quantitative estimate of drug-likeness (QED) is 0.800. The predicted molar refractivity (Wildman–Crippen MR) is 68.7 cm³/mol. The average molecular weight is 235 g/mol. The van der Waals surface area contributed by atoms with E-state index in [1.165, 1.54) is 0 Å². The second-order valence-electron chi connectivity index (χ2n) is 4.38. The van der Waals surface area contributed by atoms with Crippen molar-refractivity contribution in [3.05, 3.63) is 24.3 Å². The monoisotopic (exact) mass is 235 g/mol. The summed E-state index contributed by atoms with van der Waals surface area (Å²) in [5, 5.41) is 0. The minimum Gasteiger partial charge on any atom is -0.486 e. The Labute approximate surface area is 103 Å².